The Kier molecular flexibility index (Phi) is 6.27. The molecule has 7 heteroatoms. The molecular formula is C15H23N3O4. The van der Waals surface area contributed by atoms with Crippen molar-refractivity contribution in [3.05, 3.63) is 24.2 Å². The number of carbonyl (C=O) groups excluding carboxylic acids is 2. The number of carbonyl (C=O) groups is 2. The molecule has 1 aliphatic rings. The number of urea groups is 1. The molecule has 0 radical (unpaired) electrons. The van der Waals surface area contributed by atoms with Gasteiger partial charge in [0.1, 0.15) is 11.8 Å². The van der Waals surface area contributed by atoms with Gasteiger partial charge in [-0.15, -0.1) is 0 Å². The van der Waals surface area contributed by atoms with Gasteiger partial charge in [-0.05, 0) is 38.3 Å². The lowest BCUT2D eigenvalue weighted by atomic mass is 10.2. The highest BCUT2D eigenvalue weighted by molar-refractivity contribution is 5.86. The topological polar surface area (TPSA) is 92.6 Å². The fourth-order valence-electron chi connectivity index (χ4n) is 2.27. The van der Waals surface area contributed by atoms with Crippen LogP contribution in [0.3, 0.4) is 0 Å². The van der Waals surface area contributed by atoms with Crippen LogP contribution in [0.4, 0.5) is 4.79 Å². The van der Waals surface area contributed by atoms with E-state index in [1.165, 1.54) is 0 Å². The zero-order valence-corrected chi connectivity index (χ0v) is 12.8. The van der Waals surface area contributed by atoms with Gasteiger partial charge in [-0.3, -0.25) is 4.79 Å². The van der Waals surface area contributed by atoms with Crippen molar-refractivity contribution in [3.63, 3.8) is 0 Å². The molecular weight excluding hydrogens is 286 g/mol. The smallest absolute Gasteiger partial charge is 0.315 e. The van der Waals surface area contributed by atoms with Gasteiger partial charge >= 0.3 is 6.03 Å². The van der Waals surface area contributed by atoms with Gasteiger partial charge in [0.2, 0.25) is 5.91 Å². The summed E-state index contributed by atoms with van der Waals surface area (Å²) in [4.78, 5) is 23.5. The van der Waals surface area contributed by atoms with E-state index < -0.39 is 6.04 Å². The van der Waals surface area contributed by atoms with Crippen molar-refractivity contribution >= 4 is 11.9 Å². The first-order valence-electron chi connectivity index (χ1n) is 7.61. The lowest BCUT2D eigenvalue weighted by Gasteiger charge is -2.15. The van der Waals surface area contributed by atoms with E-state index in [1.54, 1.807) is 25.3 Å². The average Bonchev–Trinajstić information content (AvgIpc) is 3.18. The molecule has 22 heavy (non-hydrogen) atoms. The van der Waals surface area contributed by atoms with Crippen LogP contribution in [0.1, 0.15) is 31.9 Å². The highest BCUT2D eigenvalue weighted by atomic mass is 16.5. The summed E-state index contributed by atoms with van der Waals surface area (Å²) in [7, 11) is 0. The maximum absolute atomic E-state index is 11.8. The van der Waals surface area contributed by atoms with E-state index in [1.807, 2.05) is 0 Å². The van der Waals surface area contributed by atoms with E-state index in [4.69, 9.17) is 9.15 Å². The first-order chi connectivity index (χ1) is 10.6. The van der Waals surface area contributed by atoms with Crippen molar-refractivity contribution in [2.75, 3.05) is 13.2 Å². The Morgan fingerprint density at radius 2 is 2.27 bits per heavy atom. The molecule has 122 valence electrons. The van der Waals surface area contributed by atoms with Crippen molar-refractivity contribution in [2.24, 2.45) is 0 Å². The van der Waals surface area contributed by atoms with Crippen LogP contribution in [-0.4, -0.2) is 37.2 Å². The molecule has 2 atom stereocenters. The predicted octanol–water partition coefficient (Wildman–Crippen LogP) is 1.15. The lowest BCUT2D eigenvalue weighted by molar-refractivity contribution is -0.122. The van der Waals surface area contributed by atoms with E-state index >= 15 is 0 Å². The fourth-order valence-corrected chi connectivity index (χ4v) is 2.27. The summed E-state index contributed by atoms with van der Waals surface area (Å²) in [5, 5.41) is 8.03. The lowest BCUT2D eigenvalue weighted by Crippen LogP contribution is -2.48. The van der Waals surface area contributed by atoms with Crippen molar-refractivity contribution in [1.82, 2.24) is 16.0 Å². The van der Waals surface area contributed by atoms with Crippen LogP contribution in [0.25, 0.3) is 0 Å². The summed E-state index contributed by atoms with van der Waals surface area (Å²) in [6.07, 6.45) is 4.73. The van der Waals surface area contributed by atoms with E-state index in [0.29, 0.717) is 18.8 Å². The summed E-state index contributed by atoms with van der Waals surface area (Å²) in [5.41, 5.74) is 0. The molecule has 0 aromatic carbocycles. The molecule has 0 aliphatic carbocycles. The molecule has 7 nitrogen and oxygen atoms in total. The van der Waals surface area contributed by atoms with E-state index in [2.05, 4.69) is 16.0 Å². The molecule has 1 saturated heterocycles. The number of rotatable bonds is 7. The molecule has 1 aromatic heterocycles. The second-order valence-corrected chi connectivity index (χ2v) is 5.34. The molecule has 1 aromatic rings. The first kappa shape index (κ1) is 16.4. The number of nitrogens with one attached hydrogen (secondary N) is 3. The Labute approximate surface area is 129 Å². The van der Waals surface area contributed by atoms with Gasteiger partial charge in [-0.2, -0.15) is 0 Å². The molecule has 0 saturated carbocycles. The number of amides is 3. The highest BCUT2D eigenvalue weighted by Gasteiger charge is 2.17. The SMILES string of the molecule is CC(NC(=O)NCCC1CCCO1)C(=O)NCc1ccco1. The van der Waals surface area contributed by atoms with E-state index in [0.717, 1.165) is 25.9 Å². The minimum atomic E-state index is -0.613. The van der Waals surface area contributed by atoms with Crippen LogP contribution >= 0.6 is 0 Å². The Hall–Kier alpha value is -2.02. The van der Waals surface area contributed by atoms with Crippen LogP contribution in [0.5, 0.6) is 0 Å². The molecule has 0 spiro atoms. The van der Waals surface area contributed by atoms with Gasteiger partial charge in [0.25, 0.3) is 0 Å². The maximum Gasteiger partial charge on any atom is 0.315 e. The zero-order chi connectivity index (χ0) is 15.8. The van der Waals surface area contributed by atoms with Crippen molar-refractivity contribution < 1.29 is 18.7 Å². The van der Waals surface area contributed by atoms with Crippen LogP contribution in [0.15, 0.2) is 22.8 Å². The van der Waals surface area contributed by atoms with Gasteiger partial charge in [0.15, 0.2) is 0 Å². The maximum atomic E-state index is 11.8. The molecule has 0 bridgehead atoms. The van der Waals surface area contributed by atoms with Gasteiger partial charge < -0.3 is 25.1 Å². The van der Waals surface area contributed by atoms with Crippen LogP contribution in [0.2, 0.25) is 0 Å². The molecule has 2 rings (SSSR count). The minimum absolute atomic E-state index is 0.245. The van der Waals surface area contributed by atoms with Gasteiger partial charge in [-0.25, -0.2) is 4.79 Å². The van der Waals surface area contributed by atoms with Crippen LogP contribution in [0, 0.1) is 0 Å². The monoisotopic (exact) mass is 309 g/mol. The molecule has 3 amide bonds. The molecule has 2 heterocycles. The van der Waals surface area contributed by atoms with Crippen LogP contribution < -0.4 is 16.0 Å². The third kappa shape index (κ3) is 5.40. The predicted molar refractivity (Wildman–Crippen MR) is 80.1 cm³/mol. The van der Waals surface area contributed by atoms with Gasteiger partial charge in [-0.1, -0.05) is 0 Å². The number of hydrogen-bond donors (Lipinski definition) is 3. The Bertz CT molecular complexity index is 469. The molecule has 1 fully saturated rings. The second kappa shape index (κ2) is 8.43. The molecule has 1 aliphatic heterocycles. The standard InChI is InChI=1S/C15H23N3O4/c1-11(14(19)17-10-13-5-3-9-22-13)18-15(20)16-7-6-12-4-2-8-21-12/h3,5,9,11-12H,2,4,6-8,10H2,1H3,(H,17,19)(H2,16,18,20). The van der Waals surface area contributed by atoms with Crippen molar-refractivity contribution in [2.45, 2.75) is 44.9 Å². The van der Waals surface area contributed by atoms with Crippen LogP contribution in [-0.2, 0) is 16.1 Å². The third-order valence-corrected chi connectivity index (χ3v) is 3.53. The summed E-state index contributed by atoms with van der Waals surface area (Å²) in [5.74, 6) is 0.409. The largest absolute Gasteiger partial charge is 0.467 e. The highest BCUT2D eigenvalue weighted by Crippen LogP contribution is 2.14. The summed E-state index contributed by atoms with van der Waals surface area (Å²) in [6, 6.07) is 2.57. The normalized spacial score (nSPS) is 18.7. The average molecular weight is 309 g/mol. The number of ether oxygens (including phenoxy) is 1. The molecule has 2 unspecified atom stereocenters. The Balaban J connectivity index is 1.59. The second-order valence-electron chi connectivity index (χ2n) is 5.34. The van der Waals surface area contributed by atoms with E-state index in [-0.39, 0.29) is 18.0 Å². The quantitative estimate of drug-likeness (QED) is 0.704. The van der Waals surface area contributed by atoms with Crippen molar-refractivity contribution in [1.29, 1.82) is 0 Å². The fraction of sp³-hybridized carbons (Fsp3) is 0.600. The Morgan fingerprint density at radius 1 is 1.41 bits per heavy atom. The van der Waals surface area contributed by atoms with E-state index in [9.17, 15) is 9.59 Å². The summed E-state index contributed by atoms with van der Waals surface area (Å²) < 4.78 is 10.6. The van der Waals surface area contributed by atoms with Gasteiger partial charge in [0, 0.05) is 13.2 Å². The molecule has 3 N–H and O–H groups in total. The Morgan fingerprint density at radius 3 is 2.95 bits per heavy atom. The zero-order valence-electron chi connectivity index (χ0n) is 12.8. The summed E-state index contributed by atoms with van der Waals surface area (Å²) in [6.45, 7) is 3.29. The first-order valence-corrected chi connectivity index (χ1v) is 7.61. The summed E-state index contributed by atoms with van der Waals surface area (Å²) >= 11 is 0. The number of hydrogen-bond acceptors (Lipinski definition) is 4. The minimum Gasteiger partial charge on any atom is -0.467 e. The van der Waals surface area contributed by atoms with Gasteiger partial charge in [0.05, 0.1) is 18.9 Å². The van der Waals surface area contributed by atoms with Crippen molar-refractivity contribution in [3.8, 4) is 0 Å². The number of furan rings is 1. The third-order valence-electron chi connectivity index (χ3n) is 3.53.